The van der Waals surface area contributed by atoms with Crippen molar-refractivity contribution in [3.8, 4) is 11.1 Å². The monoisotopic (exact) mass is 274 g/mol. The molecule has 0 amide bonds. The summed E-state index contributed by atoms with van der Waals surface area (Å²) in [7, 11) is 0. The molecule has 0 aliphatic rings. The van der Waals surface area contributed by atoms with Gasteiger partial charge in [0.05, 0.1) is 11.4 Å². The lowest BCUT2D eigenvalue weighted by Crippen LogP contribution is -1.81. The zero-order valence-electron chi connectivity index (χ0n) is 11.3. The van der Waals surface area contributed by atoms with Crippen molar-refractivity contribution < 1.29 is 0 Å². The Morgan fingerprint density at radius 3 is 2.29 bits per heavy atom. The minimum Gasteiger partial charge on any atom is -0.399 e. The zero-order chi connectivity index (χ0) is 14.5. The van der Waals surface area contributed by atoms with E-state index < -0.39 is 0 Å². The highest BCUT2D eigenvalue weighted by Gasteiger charge is 1.97. The van der Waals surface area contributed by atoms with E-state index in [1.165, 1.54) is 0 Å². The molecule has 0 radical (unpaired) electrons. The van der Waals surface area contributed by atoms with Crippen molar-refractivity contribution in [2.45, 2.75) is 0 Å². The lowest BCUT2D eigenvalue weighted by atomic mass is 10.1. The van der Waals surface area contributed by atoms with E-state index in [9.17, 15) is 0 Å². The molecule has 0 saturated heterocycles. The molecule has 4 heteroatoms. The van der Waals surface area contributed by atoms with Crippen LogP contribution in [0.4, 0.5) is 17.1 Å². The van der Waals surface area contributed by atoms with Gasteiger partial charge in [0.15, 0.2) is 0 Å². The summed E-state index contributed by atoms with van der Waals surface area (Å²) in [5, 5.41) is 8.38. The average Bonchev–Trinajstić information content (AvgIpc) is 2.54. The number of rotatable bonds is 3. The van der Waals surface area contributed by atoms with Crippen molar-refractivity contribution in [1.29, 1.82) is 0 Å². The van der Waals surface area contributed by atoms with Crippen molar-refractivity contribution in [1.82, 2.24) is 4.98 Å². The third kappa shape index (κ3) is 3.30. The first-order valence-electron chi connectivity index (χ1n) is 6.59. The molecule has 21 heavy (non-hydrogen) atoms. The van der Waals surface area contributed by atoms with Crippen molar-refractivity contribution >= 4 is 17.1 Å². The fraction of sp³-hybridized carbons (Fsp3) is 0. The highest BCUT2D eigenvalue weighted by molar-refractivity contribution is 5.64. The highest BCUT2D eigenvalue weighted by atomic mass is 15.1. The molecule has 0 saturated carbocycles. The van der Waals surface area contributed by atoms with Gasteiger partial charge in [-0.1, -0.05) is 24.3 Å². The standard InChI is InChI=1S/C17H14N4/c18-15-4-1-5-17(11-15)21-20-16-8-6-13(7-9-16)14-3-2-10-19-12-14/h1-12H,18H2. The summed E-state index contributed by atoms with van der Waals surface area (Å²) in [4.78, 5) is 4.11. The molecular formula is C17H14N4. The molecule has 2 N–H and O–H groups in total. The molecule has 3 aromatic rings. The number of azo groups is 1. The van der Waals surface area contributed by atoms with Crippen LogP contribution in [0.3, 0.4) is 0 Å². The first kappa shape index (κ1) is 13.0. The molecule has 0 spiro atoms. The first-order chi connectivity index (χ1) is 10.3. The second-order valence-corrected chi connectivity index (χ2v) is 4.58. The van der Waals surface area contributed by atoms with Crippen LogP contribution in [0.25, 0.3) is 11.1 Å². The highest BCUT2D eigenvalue weighted by Crippen LogP contribution is 2.24. The topological polar surface area (TPSA) is 63.6 Å². The second kappa shape index (κ2) is 5.96. The van der Waals surface area contributed by atoms with Gasteiger partial charge in [-0.3, -0.25) is 4.98 Å². The summed E-state index contributed by atoms with van der Waals surface area (Å²) < 4.78 is 0. The number of pyridine rings is 1. The third-order valence-corrected chi connectivity index (χ3v) is 3.01. The van der Waals surface area contributed by atoms with Crippen LogP contribution in [0.5, 0.6) is 0 Å². The van der Waals surface area contributed by atoms with Crippen molar-refractivity contribution in [3.63, 3.8) is 0 Å². The summed E-state index contributed by atoms with van der Waals surface area (Å²) in [6.07, 6.45) is 3.60. The fourth-order valence-electron chi connectivity index (χ4n) is 1.96. The molecule has 4 nitrogen and oxygen atoms in total. The maximum atomic E-state index is 5.70. The molecule has 0 aliphatic heterocycles. The molecule has 2 aromatic carbocycles. The van der Waals surface area contributed by atoms with E-state index in [4.69, 9.17) is 5.73 Å². The Hall–Kier alpha value is -3.01. The Morgan fingerprint density at radius 1 is 0.762 bits per heavy atom. The zero-order valence-corrected chi connectivity index (χ0v) is 11.3. The SMILES string of the molecule is Nc1cccc(N=Nc2ccc(-c3cccnc3)cc2)c1. The van der Waals surface area contributed by atoms with Gasteiger partial charge < -0.3 is 5.73 Å². The van der Waals surface area contributed by atoms with E-state index in [0.29, 0.717) is 5.69 Å². The van der Waals surface area contributed by atoms with Gasteiger partial charge in [-0.15, -0.1) is 0 Å². The molecule has 0 fully saturated rings. The number of nitrogens with two attached hydrogens (primary N) is 1. The lowest BCUT2D eigenvalue weighted by molar-refractivity contribution is 1.23. The number of nitrogens with zero attached hydrogens (tertiary/aromatic N) is 3. The van der Waals surface area contributed by atoms with Crippen LogP contribution in [-0.4, -0.2) is 4.98 Å². The Bertz CT molecular complexity index is 749. The van der Waals surface area contributed by atoms with Gasteiger partial charge in [0.1, 0.15) is 0 Å². The summed E-state index contributed by atoms with van der Waals surface area (Å²) in [6, 6.07) is 19.1. The fourth-order valence-corrected chi connectivity index (χ4v) is 1.96. The summed E-state index contributed by atoms with van der Waals surface area (Å²) >= 11 is 0. The number of aromatic nitrogens is 1. The van der Waals surface area contributed by atoms with E-state index in [1.54, 1.807) is 12.3 Å². The van der Waals surface area contributed by atoms with Gasteiger partial charge >= 0.3 is 0 Å². The molecule has 1 aromatic heterocycles. The molecule has 0 bridgehead atoms. The number of benzene rings is 2. The molecular weight excluding hydrogens is 260 g/mol. The molecule has 102 valence electrons. The van der Waals surface area contributed by atoms with E-state index in [2.05, 4.69) is 15.2 Å². The van der Waals surface area contributed by atoms with Crippen LogP contribution < -0.4 is 5.73 Å². The van der Waals surface area contributed by atoms with Crippen LogP contribution in [0.1, 0.15) is 0 Å². The summed E-state index contributed by atoms with van der Waals surface area (Å²) in [5.74, 6) is 0. The quantitative estimate of drug-likeness (QED) is 0.553. The van der Waals surface area contributed by atoms with Crippen LogP contribution >= 0.6 is 0 Å². The Labute approximate surface area is 123 Å². The number of hydrogen-bond acceptors (Lipinski definition) is 4. The molecule has 0 aliphatic carbocycles. The summed E-state index contributed by atoms with van der Waals surface area (Å²) in [6.45, 7) is 0. The van der Waals surface area contributed by atoms with Gasteiger partial charge in [-0.2, -0.15) is 10.2 Å². The maximum absolute atomic E-state index is 5.70. The molecule has 3 rings (SSSR count). The van der Waals surface area contributed by atoms with E-state index in [1.807, 2.05) is 60.8 Å². The van der Waals surface area contributed by atoms with Gasteiger partial charge in [-0.05, 0) is 47.5 Å². The van der Waals surface area contributed by atoms with Crippen molar-refractivity contribution in [2.24, 2.45) is 10.2 Å². The van der Waals surface area contributed by atoms with Crippen LogP contribution in [0.2, 0.25) is 0 Å². The normalized spacial score (nSPS) is 10.9. The Kier molecular flexibility index (Phi) is 3.69. The van der Waals surface area contributed by atoms with E-state index in [-0.39, 0.29) is 0 Å². The average molecular weight is 274 g/mol. The minimum atomic E-state index is 0.679. The van der Waals surface area contributed by atoms with E-state index in [0.717, 1.165) is 22.5 Å². The molecule has 0 unspecified atom stereocenters. The van der Waals surface area contributed by atoms with E-state index >= 15 is 0 Å². The Morgan fingerprint density at radius 2 is 1.57 bits per heavy atom. The Balaban J connectivity index is 1.79. The molecule has 0 atom stereocenters. The number of nitrogen functional groups attached to an aromatic ring is 1. The van der Waals surface area contributed by atoms with Gasteiger partial charge in [0, 0.05) is 18.1 Å². The van der Waals surface area contributed by atoms with Crippen molar-refractivity contribution in [2.75, 3.05) is 5.73 Å². The maximum Gasteiger partial charge on any atom is 0.0877 e. The largest absolute Gasteiger partial charge is 0.399 e. The number of hydrogen-bond donors (Lipinski definition) is 1. The van der Waals surface area contributed by atoms with Crippen LogP contribution in [0, 0.1) is 0 Å². The lowest BCUT2D eigenvalue weighted by Gasteiger charge is -2.00. The smallest absolute Gasteiger partial charge is 0.0877 e. The predicted octanol–water partition coefficient (Wildman–Crippen LogP) is 4.75. The second-order valence-electron chi connectivity index (χ2n) is 4.58. The predicted molar refractivity (Wildman–Crippen MR) is 84.7 cm³/mol. The first-order valence-corrected chi connectivity index (χ1v) is 6.59. The van der Waals surface area contributed by atoms with Gasteiger partial charge in [0.25, 0.3) is 0 Å². The van der Waals surface area contributed by atoms with Gasteiger partial charge in [0.2, 0.25) is 0 Å². The van der Waals surface area contributed by atoms with Gasteiger partial charge in [-0.25, -0.2) is 0 Å². The minimum absolute atomic E-state index is 0.679. The van der Waals surface area contributed by atoms with Crippen LogP contribution in [0.15, 0.2) is 83.3 Å². The summed E-state index contributed by atoms with van der Waals surface area (Å²) in [5.41, 5.74) is 10.1. The molecule has 1 heterocycles. The number of anilines is 1. The van der Waals surface area contributed by atoms with Crippen molar-refractivity contribution in [3.05, 3.63) is 73.1 Å². The third-order valence-electron chi connectivity index (χ3n) is 3.01. The van der Waals surface area contributed by atoms with Crippen LogP contribution in [-0.2, 0) is 0 Å².